The molecule has 5 rings (SSSR count). The predicted octanol–water partition coefficient (Wildman–Crippen LogP) is 13.4. The molecule has 0 nitrogen and oxygen atoms in total. The molecule has 0 saturated heterocycles. The van der Waals surface area contributed by atoms with Crippen molar-refractivity contribution in [1.82, 2.24) is 0 Å². The van der Waals surface area contributed by atoms with Crippen molar-refractivity contribution in [3.8, 4) is 0 Å². The van der Waals surface area contributed by atoms with E-state index in [9.17, 15) is 70.2 Å². The zero-order chi connectivity index (χ0) is 41.3. The van der Waals surface area contributed by atoms with Crippen molar-refractivity contribution in [2.45, 2.75) is 44.1 Å². The molecule has 0 aromatic heterocycles. The van der Waals surface area contributed by atoms with Gasteiger partial charge in [0.15, 0.2) is 116 Å². The van der Waals surface area contributed by atoms with Crippen LogP contribution in [-0.2, 0) is 0 Å². The Balaban J connectivity index is 1.54. The second-order valence-electron chi connectivity index (χ2n) is 9.88. The van der Waals surface area contributed by atoms with E-state index >= 15 is 17.6 Å². The predicted molar refractivity (Wildman–Crippen MR) is 155 cm³/mol. The van der Waals surface area contributed by atoms with E-state index in [0.29, 0.717) is 0 Å². The maximum Gasteiger partial charge on any atom is 0.177 e. The normalized spacial score (nSPS) is 11.7. The zero-order valence-corrected chi connectivity index (χ0v) is 28.9. The summed E-state index contributed by atoms with van der Waals surface area (Å²) in [7, 11) is 0. The summed E-state index contributed by atoms with van der Waals surface area (Å²) in [6, 6.07) is -0.335. The number of halogens is 20. The summed E-state index contributed by atoms with van der Waals surface area (Å²) in [5.41, 5.74) is 0. The van der Waals surface area contributed by atoms with E-state index < -0.39 is 207 Å². The summed E-state index contributed by atoms with van der Waals surface area (Å²) in [5.74, 6) is -50.1. The molecular formula is C30H2F20S5. The summed E-state index contributed by atoms with van der Waals surface area (Å²) in [5, 5.41) is 0. The first-order valence-corrected chi connectivity index (χ1v) is 16.9. The molecule has 0 aliphatic heterocycles. The van der Waals surface area contributed by atoms with Crippen LogP contribution in [-0.4, -0.2) is 0 Å². The molecule has 5 aromatic rings. The molecule has 0 unspecified atom stereocenters. The van der Waals surface area contributed by atoms with Gasteiger partial charge in [0.2, 0.25) is 0 Å². The van der Waals surface area contributed by atoms with Crippen molar-refractivity contribution in [3.05, 3.63) is 122 Å². The van der Waals surface area contributed by atoms with Gasteiger partial charge < -0.3 is 0 Å². The Morgan fingerprint density at radius 3 is 0.564 bits per heavy atom. The van der Waals surface area contributed by atoms with Crippen molar-refractivity contribution in [2.75, 3.05) is 0 Å². The highest BCUT2D eigenvalue weighted by molar-refractivity contribution is 8.00. The van der Waals surface area contributed by atoms with Gasteiger partial charge in [-0.2, -0.15) is 0 Å². The molecular weight excluding hydrogens is 901 g/mol. The number of benzene rings is 5. The molecule has 0 fully saturated rings. The van der Waals surface area contributed by atoms with Crippen molar-refractivity contribution < 1.29 is 87.8 Å². The van der Waals surface area contributed by atoms with E-state index in [1.165, 1.54) is 0 Å². The molecule has 5 aromatic carbocycles. The lowest BCUT2D eigenvalue weighted by molar-refractivity contribution is 0.391. The van der Waals surface area contributed by atoms with E-state index in [2.05, 4.69) is 12.6 Å². The smallest absolute Gasteiger partial charge is 0.177 e. The summed E-state index contributed by atoms with van der Waals surface area (Å²) in [6.45, 7) is 0. The lowest BCUT2D eigenvalue weighted by Gasteiger charge is -2.16. The average Bonchev–Trinajstić information content (AvgIpc) is 3.15. The molecule has 0 aliphatic rings. The minimum Gasteiger partial charge on any atom is -0.204 e. The van der Waals surface area contributed by atoms with Crippen LogP contribution >= 0.6 is 59.7 Å². The fourth-order valence-corrected chi connectivity index (χ4v) is 7.95. The Bertz CT molecular complexity index is 2330. The van der Waals surface area contributed by atoms with Gasteiger partial charge in [0.05, 0.1) is 44.1 Å². The van der Waals surface area contributed by atoms with Crippen molar-refractivity contribution >= 4 is 59.7 Å². The molecule has 292 valence electrons. The quantitative estimate of drug-likeness (QED) is 0.0935. The van der Waals surface area contributed by atoms with Crippen molar-refractivity contribution in [1.29, 1.82) is 0 Å². The van der Waals surface area contributed by atoms with Gasteiger partial charge in [-0.05, 0) is 0 Å². The molecule has 0 bridgehead atoms. The van der Waals surface area contributed by atoms with Crippen LogP contribution in [0.1, 0.15) is 0 Å². The van der Waals surface area contributed by atoms with Gasteiger partial charge in [-0.3, -0.25) is 0 Å². The van der Waals surface area contributed by atoms with Gasteiger partial charge in [-0.25, -0.2) is 87.8 Å². The van der Waals surface area contributed by atoms with Gasteiger partial charge in [0, 0.05) is 6.07 Å². The monoisotopic (exact) mass is 902 g/mol. The highest BCUT2D eigenvalue weighted by Gasteiger charge is 2.36. The average molecular weight is 903 g/mol. The maximum absolute atomic E-state index is 15.0. The van der Waals surface area contributed by atoms with Gasteiger partial charge in [0.25, 0.3) is 0 Å². The molecule has 55 heavy (non-hydrogen) atoms. The number of rotatable bonds is 8. The van der Waals surface area contributed by atoms with Crippen molar-refractivity contribution in [2.24, 2.45) is 0 Å². The van der Waals surface area contributed by atoms with E-state index in [-0.39, 0.29) is 6.07 Å². The highest BCUT2D eigenvalue weighted by Crippen LogP contribution is 2.48. The van der Waals surface area contributed by atoms with E-state index in [1.807, 2.05) is 0 Å². The van der Waals surface area contributed by atoms with E-state index in [4.69, 9.17) is 0 Å². The standard InChI is InChI=1S/C30H2F20S5/c31-2-1-3(32)5(34)23(4(2)33)52-25-10(39)12(41)27(13(42)11(25)40)54-29-18(47)20(49)30(21(50)19(29)48)55-28-16(45)14(43)26(15(44)17(28)46)53-24-8(37)6(35)22(51)7(36)9(24)38/h1,51H. The third-order valence-electron chi connectivity index (χ3n) is 6.64. The Labute approximate surface area is 313 Å². The second kappa shape index (κ2) is 15.8. The van der Waals surface area contributed by atoms with E-state index in [1.54, 1.807) is 0 Å². The maximum atomic E-state index is 15.0. The van der Waals surface area contributed by atoms with Crippen molar-refractivity contribution in [3.63, 3.8) is 0 Å². The molecule has 0 N–H and O–H groups in total. The van der Waals surface area contributed by atoms with Crippen LogP contribution in [0, 0.1) is 116 Å². The van der Waals surface area contributed by atoms with Crippen LogP contribution in [0.3, 0.4) is 0 Å². The molecule has 0 atom stereocenters. The summed E-state index contributed by atoms with van der Waals surface area (Å²) >= 11 is -1.01. The first-order valence-electron chi connectivity index (χ1n) is 13.2. The minimum atomic E-state index is -2.74. The Kier molecular flexibility index (Phi) is 12.2. The van der Waals surface area contributed by atoms with Gasteiger partial charge in [-0.15, -0.1) is 12.6 Å². The number of thiol groups is 1. The van der Waals surface area contributed by atoms with Crippen LogP contribution in [0.15, 0.2) is 50.1 Å². The molecule has 0 amide bonds. The third kappa shape index (κ3) is 7.18. The lowest BCUT2D eigenvalue weighted by Crippen LogP contribution is -2.07. The molecule has 0 aliphatic carbocycles. The topological polar surface area (TPSA) is 0 Å². The van der Waals surface area contributed by atoms with Gasteiger partial charge >= 0.3 is 0 Å². The SMILES string of the molecule is Fc1cc(F)c(F)c(Sc2c(F)c(F)c(Sc3c(F)c(F)c(Sc4c(F)c(F)c(Sc5c(F)c(F)c(S)c(F)c5F)c(F)c4F)c(F)c3F)c(F)c2F)c1F. The fourth-order valence-electron chi connectivity index (χ4n) is 4.05. The molecule has 0 spiro atoms. The number of hydrogen-bond acceptors (Lipinski definition) is 5. The third-order valence-corrected chi connectivity index (χ3v) is 11.5. The second-order valence-corrected chi connectivity index (χ2v) is 14.4. The van der Waals surface area contributed by atoms with Crippen LogP contribution in [0.4, 0.5) is 87.8 Å². The largest absolute Gasteiger partial charge is 0.204 e. The Morgan fingerprint density at radius 2 is 0.382 bits per heavy atom. The van der Waals surface area contributed by atoms with Crippen LogP contribution in [0.25, 0.3) is 0 Å². The Morgan fingerprint density at radius 1 is 0.236 bits per heavy atom. The Hall–Kier alpha value is -3.55. The highest BCUT2D eigenvalue weighted by atomic mass is 32.2. The van der Waals surface area contributed by atoms with E-state index in [0.717, 1.165) is 0 Å². The number of hydrogen-bond donors (Lipinski definition) is 1. The summed E-state index contributed by atoms with van der Waals surface area (Å²) < 4.78 is 290. The first kappa shape index (κ1) is 42.6. The lowest BCUT2D eigenvalue weighted by atomic mass is 10.3. The van der Waals surface area contributed by atoms with Gasteiger partial charge in [0.1, 0.15) is 0 Å². The molecule has 0 heterocycles. The summed E-state index contributed by atoms with van der Waals surface area (Å²) in [6.07, 6.45) is 0. The van der Waals surface area contributed by atoms with Gasteiger partial charge in [-0.1, -0.05) is 47.0 Å². The minimum absolute atomic E-state index is 0.335. The summed E-state index contributed by atoms with van der Waals surface area (Å²) in [4.78, 5) is -18.0. The van der Waals surface area contributed by atoms with Crippen LogP contribution < -0.4 is 0 Å². The first-order chi connectivity index (χ1) is 25.5. The molecule has 0 radical (unpaired) electrons. The molecule has 25 heteroatoms. The van der Waals surface area contributed by atoms with Crippen LogP contribution in [0.5, 0.6) is 0 Å². The molecule has 0 saturated carbocycles. The zero-order valence-electron chi connectivity index (χ0n) is 24.7. The van der Waals surface area contributed by atoms with Crippen LogP contribution in [0.2, 0.25) is 0 Å². The fraction of sp³-hybridized carbons (Fsp3) is 0.